The molecular formula is C16H17F3N2O2. The van der Waals surface area contributed by atoms with Gasteiger partial charge in [0.2, 0.25) is 5.91 Å². The first kappa shape index (κ1) is 15.8. The molecule has 0 saturated carbocycles. The van der Waals surface area contributed by atoms with Crippen LogP contribution in [0.5, 0.6) is 0 Å². The van der Waals surface area contributed by atoms with E-state index in [1.165, 1.54) is 0 Å². The van der Waals surface area contributed by atoms with E-state index in [9.17, 15) is 22.8 Å². The molecule has 1 fully saturated rings. The van der Waals surface area contributed by atoms with E-state index in [0.717, 1.165) is 16.2 Å². The lowest BCUT2D eigenvalue weighted by Gasteiger charge is -2.46. The number of hydrogen-bond acceptors (Lipinski definition) is 2. The Balaban J connectivity index is 1.87. The Kier molecular flexibility index (Phi) is 3.61. The van der Waals surface area contributed by atoms with Gasteiger partial charge in [0.05, 0.1) is 0 Å². The highest BCUT2D eigenvalue weighted by molar-refractivity contribution is 5.97. The van der Waals surface area contributed by atoms with E-state index >= 15 is 0 Å². The second-order valence-corrected chi connectivity index (χ2v) is 6.22. The van der Waals surface area contributed by atoms with Crippen LogP contribution in [-0.2, 0) is 15.0 Å². The SMILES string of the molecule is CN1C(=O)CC2(CCN(C(=O)C(F)(F)F)CC2)c2ccccc21. The fourth-order valence-electron chi connectivity index (χ4n) is 3.62. The zero-order chi connectivity index (χ0) is 16.8. The first-order valence-corrected chi connectivity index (χ1v) is 7.47. The molecule has 0 N–H and O–H groups in total. The zero-order valence-electron chi connectivity index (χ0n) is 12.7. The minimum absolute atomic E-state index is 0.0175. The van der Waals surface area contributed by atoms with Gasteiger partial charge in [0, 0.05) is 37.7 Å². The van der Waals surface area contributed by atoms with Gasteiger partial charge in [0.15, 0.2) is 0 Å². The molecule has 1 aromatic rings. The molecule has 3 rings (SSSR count). The summed E-state index contributed by atoms with van der Waals surface area (Å²) in [5.74, 6) is -1.83. The molecule has 0 unspecified atom stereocenters. The van der Waals surface area contributed by atoms with E-state index in [2.05, 4.69) is 0 Å². The maximum absolute atomic E-state index is 12.6. The van der Waals surface area contributed by atoms with Crippen LogP contribution in [0.25, 0.3) is 0 Å². The van der Waals surface area contributed by atoms with Crippen molar-refractivity contribution < 1.29 is 22.8 Å². The molecule has 0 aliphatic carbocycles. The molecule has 1 saturated heterocycles. The number of benzene rings is 1. The van der Waals surface area contributed by atoms with Gasteiger partial charge in [-0.05, 0) is 24.5 Å². The fraction of sp³-hybridized carbons (Fsp3) is 0.500. The number of anilines is 1. The number of carbonyl (C=O) groups is 2. The van der Waals surface area contributed by atoms with Gasteiger partial charge in [0.25, 0.3) is 0 Å². The number of fused-ring (bicyclic) bond motifs is 2. The lowest BCUT2D eigenvalue weighted by Crippen LogP contribution is -2.52. The predicted octanol–water partition coefficient (Wildman–Crippen LogP) is 2.48. The lowest BCUT2D eigenvalue weighted by atomic mass is 9.67. The Morgan fingerprint density at radius 1 is 1.17 bits per heavy atom. The number of rotatable bonds is 0. The summed E-state index contributed by atoms with van der Waals surface area (Å²) < 4.78 is 37.7. The predicted molar refractivity (Wildman–Crippen MR) is 78.0 cm³/mol. The molecule has 2 heterocycles. The number of amides is 2. The second kappa shape index (κ2) is 5.25. The Morgan fingerprint density at radius 3 is 2.39 bits per heavy atom. The average Bonchev–Trinajstić information content (AvgIpc) is 2.52. The number of carbonyl (C=O) groups excluding carboxylic acids is 2. The molecule has 0 bridgehead atoms. The van der Waals surface area contributed by atoms with Crippen molar-refractivity contribution in [2.75, 3.05) is 25.0 Å². The monoisotopic (exact) mass is 326 g/mol. The number of likely N-dealkylation sites (tertiary alicyclic amines) is 1. The van der Waals surface area contributed by atoms with Crippen LogP contribution < -0.4 is 4.90 Å². The van der Waals surface area contributed by atoms with Crippen LogP contribution >= 0.6 is 0 Å². The van der Waals surface area contributed by atoms with Gasteiger partial charge in [0.1, 0.15) is 0 Å². The molecule has 2 amide bonds. The van der Waals surface area contributed by atoms with Gasteiger partial charge in [-0.1, -0.05) is 18.2 Å². The Bertz CT molecular complexity index is 649. The Morgan fingerprint density at radius 2 is 1.78 bits per heavy atom. The Labute approximate surface area is 131 Å². The fourth-order valence-corrected chi connectivity index (χ4v) is 3.62. The minimum atomic E-state index is -4.84. The van der Waals surface area contributed by atoms with Crippen LogP contribution in [0, 0.1) is 0 Å². The first-order chi connectivity index (χ1) is 10.7. The standard InChI is InChI=1S/C16H17F3N2O2/c1-20-12-5-3-2-4-11(12)15(10-13(20)22)6-8-21(9-7-15)14(23)16(17,18)19/h2-5H,6-10H2,1H3. The molecule has 1 aromatic carbocycles. The van der Waals surface area contributed by atoms with Crippen molar-refractivity contribution in [3.05, 3.63) is 29.8 Å². The average molecular weight is 326 g/mol. The van der Waals surface area contributed by atoms with Gasteiger partial charge in [-0.3, -0.25) is 9.59 Å². The van der Waals surface area contributed by atoms with Crippen LogP contribution in [0.3, 0.4) is 0 Å². The lowest BCUT2D eigenvalue weighted by molar-refractivity contribution is -0.187. The molecule has 2 aliphatic rings. The number of hydrogen-bond donors (Lipinski definition) is 0. The number of piperidine rings is 1. The van der Waals surface area contributed by atoms with Crippen molar-refractivity contribution in [2.45, 2.75) is 30.9 Å². The van der Waals surface area contributed by atoms with E-state index < -0.39 is 17.5 Å². The molecular weight excluding hydrogens is 309 g/mol. The number of halogens is 3. The molecule has 7 heteroatoms. The molecule has 2 aliphatic heterocycles. The molecule has 1 spiro atoms. The zero-order valence-corrected chi connectivity index (χ0v) is 12.7. The van der Waals surface area contributed by atoms with Crippen molar-refractivity contribution in [1.82, 2.24) is 4.90 Å². The van der Waals surface area contributed by atoms with E-state index in [4.69, 9.17) is 0 Å². The van der Waals surface area contributed by atoms with Crippen LogP contribution in [0.2, 0.25) is 0 Å². The number of alkyl halides is 3. The minimum Gasteiger partial charge on any atom is -0.335 e. The van der Waals surface area contributed by atoms with Crippen LogP contribution in [0.15, 0.2) is 24.3 Å². The topological polar surface area (TPSA) is 40.6 Å². The highest BCUT2D eigenvalue weighted by Gasteiger charge is 2.48. The van der Waals surface area contributed by atoms with Crippen molar-refractivity contribution in [1.29, 1.82) is 0 Å². The van der Waals surface area contributed by atoms with Crippen molar-refractivity contribution in [3.63, 3.8) is 0 Å². The van der Waals surface area contributed by atoms with E-state index in [0.29, 0.717) is 12.8 Å². The van der Waals surface area contributed by atoms with E-state index in [-0.39, 0.29) is 25.4 Å². The van der Waals surface area contributed by atoms with Crippen molar-refractivity contribution >= 4 is 17.5 Å². The highest BCUT2D eigenvalue weighted by Crippen LogP contribution is 2.46. The summed E-state index contributed by atoms with van der Waals surface area (Å²) in [5, 5.41) is 0. The Hall–Kier alpha value is -2.05. The molecule has 0 atom stereocenters. The smallest absolute Gasteiger partial charge is 0.335 e. The summed E-state index contributed by atoms with van der Waals surface area (Å²) in [7, 11) is 1.70. The van der Waals surface area contributed by atoms with Gasteiger partial charge in [-0.15, -0.1) is 0 Å². The van der Waals surface area contributed by atoms with Crippen molar-refractivity contribution in [3.8, 4) is 0 Å². The molecule has 0 aromatic heterocycles. The maximum Gasteiger partial charge on any atom is 0.471 e. The van der Waals surface area contributed by atoms with Gasteiger partial charge < -0.3 is 9.80 Å². The highest BCUT2D eigenvalue weighted by atomic mass is 19.4. The van der Waals surface area contributed by atoms with Gasteiger partial charge >= 0.3 is 12.1 Å². The van der Waals surface area contributed by atoms with Gasteiger partial charge in [-0.25, -0.2) is 0 Å². The molecule has 124 valence electrons. The van der Waals surface area contributed by atoms with E-state index in [1.807, 2.05) is 24.3 Å². The third kappa shape index (κ3) is 2.58. The number of nitrogens with zero attached hydrogens (tertiary/aromatic N) is 2. The third-order valence-electron chi connectivity index (χ3n) is 4.95. The largest absolute Gasteiger partial charge is 0.471 e. The summed E-state index contributed by atoms with van der Waals surface area (Å²) in [4.78, 5) is 26.1. The summed E-state index contributed by atoms with van der Waals surface area (Å²) in [6.07, 6.45) is -3.84. The summed E-state index contributed by atoms with van der Waals surface area (Å²) in [6, 6.07) is 7.49. The van der Waals surface area contributed by atoms with Crippen molar-refractivity contribution in [2.24, 2.45) is 0 Å². The first-order valence-electron chi connectivity index (χ1n) is 7.47. The summed E-state index contributed by atoms with van der Waals surface area (Å²) in [6.45, 7) is 0.0351. The molecule has 0 radical (unpaired) electrons. The van der Waals surface area contributed by atoms with Crippen LogP contribution in [-0.4, -0.2) is 43.0 Å². The normalized spacial score (nSPS) is 20.6. The summed E-state index contributed by atoms with van der Waals surface area (Å²) in [5.41, 5.74) is 1.32. The maximum atomic E-state index is 12.6. The second-order valence-electron chi connectivity index (χ2n) is 6.22. The van der Waals surface area contributed by atoms with E-state index in [1.54, 1.807) is 11.9 Å². The molecule has 23 heavy (non-hydrogen) atoms. The third-order valence-corrected chi connectivity index (χ3v) is 4.95. The van der Waals surface area contributed by atoms with Gasteiger partial charge in [-0.2, -0.15) is 13.2 Å². The summed E-state index contributed by atoms with van der Waals surface area (Å²) >= 11 is 0. The molecule has 4 nitrogen and oxygen atoms in total. The quantitative estimate of drug-likeness (QED) is 0.735. The van der Waals surface area contributed by atoms with Crippen LogP contribution in [0.1, 0.15) is 24.8 Å². The van der Waals surface area contributed by atoms with Crippen LogP contribution in [0.4, 0.5) is 18.9 Å². The number of para-hydroxylation sites is 1.